The van der Waals surface area contributed by atoms with E-state index in [0.29, 0.717) is 12.1 Å². The van der Waals surface area contributed by atoms with Gasteiger partial charge in [-0.2, -0.15) is 0 Å². The highest BCUT2D eigenvalue weighted by atomic mass is 16.2. The first kappa shape index (κ1) is 13.9. The Kier molecular flexibility index (Phi) is 5.04. The molecule has 2 unspecified atom stereocenters. The lowest BCUT2D eigenvalue weighted by Crippen LogP contribution is -2.38. The molecule has 1 amide bonds. The third-order valence-electron chi connectivity index (χ3n) is 4.52. The zero-order valence-corrected chi connectivity index (χ0v) is 12.0. The van der Waals surface area contributed by atoms with Crippen LogP contribution in [0.4, 0.5) is 0 Å². The van der Waals surface area contributed by atoms with Crippen molar-refractivity contribution in [2.45, 2.75) is 77.4 Å². The minimum Gasteiger partial charge on any atom is -0.326 e. The first-order valence-electron chi connectivity index (χ1n) is 7.79. The number of hydrogen-bond acceptors (Lipinski definition) is 2. The van der Waals surface area contributed by atoms with Crippen molar-refractivity contribution in [3.8, 4) is 0 Å². The molecule has 0 spiro atoms. The molecule has 2 atom stereocenters. The molecule has 2 aliphatic rings. The van der Waals surface area contributed by atoms with Gasteiger partial charge in [-0.25, -0.2) is 0 Å². The van der Waals surface area contributed by atoms with E-state index in [4.69, 9.17) is 0 Å². The van der Waals surface area contributed by atoms with Gasteiger partial charge in [0.05, 0.1) is 12.2 Å². The smallest absolute Gasteiger partial charge is 0.240 e. The van der Waals surface area contributed by atoms with Gasteiger partial charge >= 0.3 is 0 Å². The van der Waals surface area contributed by atoms with Gasteiger partial charge in [-0.05, 0) is 32.1 Å². The minimum absolute atomic E-state index is 0.0213. The number of carbonyl (C=O) groups excluding carboxylic acids is 1. The van der Waals surface area contributed by atoms with Crippen LogP contribution in [-0.4, -0.2) is 29.6 Å². The van der Waals surface area contributed by atoms with Gasteiger partial charge in [0.25, 0.3) is 0 Å². The second kappa shape index (κ2) is 6.55. The number of hydrogen-bond donors (Lipinski definition) is 1. The molecule has 0 aromatic rings. The molecule has 1 saturated carbocycles. The monoisotopic (exact) mass is 252 g/mol. The minimum atomic E-state index is 0.0213. The molecule has 1 aliphatic carbocycles. The highest BCUT2D eigenvalue weighted by Crippen LogP contribution is 2.29. The maximum Gasteiger partial charge on any atom is 0.240 e. The first-order chi connectivity index (χ1) is 8.72. The van der Waals surface area contributed by atoms with Crippen LogP contribution in [0.25, 0.3) is 0 Å². The predicted octanol–water partition coefficient (Wildman–Crippen LogP) is 2.90. The molecule has 0 aromatic carbocycles. The van der Waals surface area contributed by atoms with Crippen molar-refractivity contribution in [3.05, 3.63) is 0 Å². The van der Waals surface area contributed by atoms with Crippen LogP contribution in [0.1, 0.15) is 65.2 Å². The SMILES string of the molecule is CCCC1NC(C)C(=O)N1CCCC1CCCC1. The van der Waals surface area contributed by atoms with Crippen molar-refractivity contribution >= 4 is 5.91 Å². The molecule has 18 heavy (non-hydrogen) atoms. The zero-order valence-electron chi connectivity index (χ0n) is 12.0. The molecule has 0 bridgehead atoms. The Morgan fingerprint density at radius 2 is 2.00 bits per heavy atom. The zero-order chi connectivity index (χ0) is 13.0. The predicted molar refractivity (Wildman–Crippen MR) is 74.2 cm³/mol. The van der Waals surface area contributed by atoms with Gasteiger partial charge in [0.15, 0.2) is 0 Å². The molecule has 1 N–H and O–H groups in total. The van der Waals surface area contributed by atoms with Gasteiger partial charge in [0.1, 0.15) is 0 Å². The fraction of sp³-hybridized carbons (Fsp3) is 0.933. The van der Waals surface area contributed by atoms with E-state index in [9.17, 15) is 4.79 Å². The maximum atomic E-state index is 12.1. The Hall–Kier alpha value is -0.570. The molecule has 3 nitrogen and oxygen atoms in total. The second-order valence-corrected chi connectivity index (χ2v) is 6.02. The van der Waals surface area contributed by atoms with E-state index in [0.717, 1.165) is 25.3 Å². The average molecular weight is 252 g/mol. The van der Waals surface area contributed by atoms with E-state index in [2.05, 4.69) is 17.1 Å². The standard InChI is InChI=1S/C15H28N2O/c1-3-7-14-16-12(2)15(18)17(14)11-6-10-13-8-4-5-9-13/h12-14,16H,3-11H2,1-2H3. The lowest BCUT2D eigenvalue weighted by molar-refractivity contribution is -0.129. The number of nitrogens with one attached hydrogen (secondary N) is 1. The van der Waals surface area contributed by atoms with Gasteiger partial charge in [-0.3, -0.25) is 10.1 Å². The van der Waals surface area contributed by atoms with E-state index in [1.54, 1.807) is 0 Å². The summed E-state index contributed by atoms with van der Waals surface area (Å²) >= 11 is 0. The van der Waals surface area contributed by atoms with Crippen LogP contribution in [0, 0.1) is 5.92 Å². The normalized spacial score (nSPS) is 29.4. The van der Waals surface area contributed by atoms with E-state index in [-0.39, 0.29) is 6.04 Å². The average Bonchev–Trinajstić information content (AvgIpc) is 2.94. The maximum absolute atomic E-state index is 12.1. The summed E-state index contributed by atoms with van der Waals surface area (Å²) in [7, 11) is 0. The molecule has 1 saturated heterocycles. The van der Waals surface area contributed by atoms with Gasteiger partial charge in [-0.15, -0.1) is 0 Å². The van der Waals surface area contributed by atoms with Crippen LogP contribution in [0.15, 0.2) is 0 Å². The number of amides is 1. The van der Waals surface area contributed by atoms with E-state index in [1.165, 1.54) is 38.5 Å². The first-order valence-corrected chi connectivity index (χ1v) is 7.79. The van der Waals surface area contributed by atoms with Crippen molar-refractivity contribution in [1.29, 1.82) is 0 Å². The summed E-state index contributed by atoms with van der Waals surface area (Å²) in [6.45, 7) is 5.13. The Bertz CT molecular complexity index is 274. The Morgan fingerprint density at radius 1 is 1.28 bits per heavy atom. The number of nitrogens with zero attached hydrogens (tertiary/aromatic N) is 1. The molecule has 3 heteroatoms. The molecule has 0 aromatic heterocycles. The van der Waals surface area contributed by atoms with Crippen LogP contribution in [0.3, 0.4) is 0 Å². The summed E-state index contributed by atoms with van der Waals surface area (Å²) in [4.78, 5) is 14.2. The van der Waals surface area contributed by atoms with Crippen LogP contribution in [0.2, 0.25) is 0 Å². The number of rotatable bonds is 6. The largest absolute Gasteiger partial charge is 0.326 e. The number of carbonyl (C=O) groups is 1. The summed E-state index contributed by atoms with van der Waals surface area (Å²) in [6, 6.07) is 0.0213. The summed E-state index contributed by atoms with van der Waals surface area (Å²) in [6.07, 6.45) is 10.7. The molecule has 1 aliphatic heterocycles. The molecule has 0 radical (unpaired) electrons. The van der Waals surface area contributed by atoms with Crippen LogP contribution in [-0.2, 0) is 4.79 Å². The highest BCUT2D eigenvalue weighted by molar-refractivity contribution is 5.83. The fourth-order valence-corrected chi connectivity index (χ4v) is 3.48. The van der Waals surface area contributed by atoms with Crippen molar-refractivity contribution in [2.24, 2.45) is 5.92 Å². The van der Waals surface area contributed by atoms with Crippen LogP contribution in [0.5, 0.6) is 0 Å². The third-order valence-corrected chi connectivity index (χ3v) is 4.52. The molecule has 2 rings (SSSR count). The lowest BCUT2D eigenvalue weighted by atomic mass is 10.0. The molecule has 2 fully saturated rings. The summed E-state index contributed by atoms with van der Waals surface area (Å²) < 4.78 is 0. The Balaban J connectivity index is 1.76. The topological polar surface area (TPSA) is 32.3 Å². The van der Waals surface area contributed by atoms with Crippen molar-refractivity contribution in [3.63, 3.8) is 0 Å². The summed E-state index contributed by atoms with van der Waals surface area (Å²) in [5, 5.41) is 3.41. The van der Waals surface area contributed by atoms with Crippen molar-refractivity contribution in [2.75, 3.05) is 6.54 Å². The van der Waals surface area contributed by atoms with E-state index >= 15 is 0 Å². The molecule has 104 valence electrons. The van der Waals surface area contributed by atoms with Gasteiger partial charge < -0.3 is 4.90 Å². The second-order valence-electron chi connectivity index (χ2n) is 6.02. The van der Waals surface area contributed by atoms with Crippen LogP contribution < -0.4 is 5.32 Å². The van der Waals surface area contributed by atoms with Crippen molar-refractivity contribution in [1.82, 2.24) is 10.2 Å². The van der Waals surface area contributed by atoms with E-state index < -0.39 is 0 Å². The van der Waals surface area contributed by atoms with Gasteiger partial charge in [-0.1, -0.05) is 39.0 Å². The van der Waals surface area contributed by atoms with Crippen molar-refractivity contribution < 1.29 is 4.79 Å². The Labute approximate surface area is 111 Å². The highest BCUT2D eigenvalue weighted by Gasteiger charge is 2.34. The van der Waals surface area contributed by atoms with Crippen LogP contribution >= 0.6 is 0 Å². The molecule has 1 heterocycles. The fourth-order valence-electron chi connectivity index (χ4n) is 3.48. The summed E-state index contributed by atoms with van der Waals surface area (Å²) in [5.41, 5.74) is 0. The third kappa shape index (κ3) is 3.25. The lowest BCUT2D eigenvalue weighted by Gasteiger charge is -2.24. The summed E-state index contributed by atoms with van der Waals surface area (Å²) in [5.74, 6) is 1.25. The molecular weight excluding hydrogens is 224 g/mol. The Morgan fingerprint density at radius 3 is 2.67 bits per heavy atom. The van der Waals surface area contributed by atoms with E-state index in [1.807, 2.05) is 6.92 Å². The van der Waals surface area contributed by atoms with Gasteiger partial charge in [0, 0.05) is 6.54 Å². The quantitative estimate of drug-likeness (QED) is 0.788. The van der Waals surface area contributed by atoms with Gasteiger partial charge in [0.2, 0.25) is 5.91 Å². The molecular formula is C15H28N2O.